The molecule has 0 saturated carbocycles. The van der Waals surface area contributed by atoms with Crippen molar-refractivity contribution in [3.63, 3.8) is 0 Å². The Morgan fingerprint density at radius 1 is 1.15 bits per heavy atom. The number of phenols is 1. The van der Waals surface area contributed by atoms with Gasteiger partial charge in [0.1, 0.15) is 16.9 Å². The highest BCUT2D eigenvalue weighted by atomic mass is 32.2. The number of carbonyl (C=O) groups excluding carboxylic acids is 1. The summed E-state index contributed by atoms with van der Waals surface area (Å²) in [6.07, 6.45) is -4.21. The number of hydrogen-bond donors (Lipinski definition) is 1. The minimum absolute atomic E-state index is 0.0497. The summed E-state index contributed by atoms with van der Waals surface area (Å²) in [6, 6.07) is 8.71. The van der Waals surface area contributed by atoms with Crippen molar-refractivity contribution in [2.45, 2.75) is 18.0 Å². The van der Waals surface area contributed by atoms with E-state index in [1.807, 2.05) is 0 Å². The largest absolute Gasteiger partial charge is 0.508 e. The maximum Gasteiger partial charge on any atom is 0.416 e. The zero-order valence-corrected chi connectivity index (χ0v) is 14.3. The van der Waals surface area contributed by atoms with Crippen LogP contribution in [0.4, 0.5) is 17.6 Å². The number of carbonyl (C=O) groups is 1. The summed E-state index contributed by atoms with van der Waals surface area (Å²) < 4.78 is 53.5. The highest BCUT2D eigenvalue weighted by molar-refractivity contribution is 8.00. The molecule has 8 heteroatoms. The Kier molecular flexibility index (Phi) is 5.13. The fourth-order valence-electron chi connectivity index (χ4n) is 2.86. The predicted octanol–water partition coefficient (Wildman–Crippen LogP) is 4.37. The first-order chi connectivity index (χ1) is 12.3. The average molecular weight is 385 g/mol. The summed E-state index contributed by atoms with van der Waals surface area (Å²) >= 11 is 1.06. The van der Waals surface area contributed by atoms with Crippen LogP contribution in [-0.2, 0) is 17.4 Å². The average Bonchev–Trinajstić information content (AvgIpc) is 2.94. The molecule has 1 heterocycles. The molecule has 1 aliphatic heterocycles. The van der Waals surface area contributed by atoms with E-state index in [0.717, 1.165) is 29.5 Å². The van der Waals surface area contributed by atoms with Crippen LogP contribution in [0.25, 0.3) is 0 Å². The zero-order chi connectivity index (χ0) is 18.9. The minimum Gasteiger partial charge on any atom is -0.508 e. The van der Waals surface area contributed by atoms with Crippen LogP contribution in [0, 0.1) is 5.82 Å². The molecule has 1 N–H and O–H groups in total. The van der Waals surface area contributed by atoms with Crippen LogP contribution in [0.5, 0.6) is 5.75 Å². The van der Waals surface area contributed by atoms with E-state index in [-0.39, 0.29) is 29.5 Å². The molecule has 138 valence electrons. The molecule has 1 saturated heterocycles. The Labute approximate surface area is 151 Å². The lowest BCUT2D eigenvalue weighted by molar-refractivity contribution is -0.139. The van der Waals surface area contributed by atoms with Crippen LogP contribution < -0.4 is 0 Å². The van der Waals surface area contributed by atoms with Crippen LogP contribution in [0.3, 0.4) is 0 Å². The fourth-order valence-corrected chi connectivity index (χ4v) is 4.11. The summed E-state index contributed by atoms with van der Waals surface area (Å²) in [5.74, 6) is -0.898. The molecule has 26 heavy (non-hydrogen) atoms. The number of thioether (sulfide) groups is 1. The van der Waals surface area contributed by atoms with E-state index in [0.29, 0.717) is 12.5 Å². The normalized spacial score (nSPS) is 17.8. The molecule has 1 fully saturated rings. The van der Waals surface area contributed by atoms with E-state index >= 15 is 0 Å². The third-order valence-corrected chi connectivity index (χ3v) is 5.37. The monoisotopic (exact) mass is 385 g/mol. The number of aromatic hydroxyl groups is 1. The second-order valence-corrected chi connectivity index (χ2v) is 6.96. The Morgan fingerprint density at radius 3 is 2.50 bits per heavy atom. The molecule has 0 aromatic heterocycles. The van der Waals surface area contributed by atoms with Crippen molar-refractivity contribution >= 4 is 17.7 Å². The van der Waals surface area contributed by atoms with Crippen molar-refractivity contribution in [3.05, 3.63) is 65.0 Å². The van der Waals surface area contributed by atoms with Gasteiger partial charge in [-0.3, -0.25) is 4.79 Å². The van der Waals surface area contributed by atoms with E-state index in [1.165, 1.54) is 17.0 Å². The summed E-state index contributed by atoms with van der Waals surface area (Å²) in [7, 11) is 0. The van der Waals surface area contributed by atoms with Crippen LogP contribution in [0.1, 0.15) is 22.1 Å². The van der Waals surface area contributed by atoms with Crippen molar-refractivity contribution in [1.29, 1.82) is 0 Å². The highest BCUT2D eigenvalue weighted by Crippen LogP contribution is 2.44. The molecule has 0 bridgehead atoms. The van der Waals surface area contributed by atoms with Crippen molar-refractivity contribution in [3.8, 4) is 5.75 Å². The molecular formula is C18H15F4NO2S. The molecule has 1 atom stereocenters. The summed E-state index contributed by atoms with van der Waals surface area (Å²) in [6.45, 7) is 0.203. The van der Waals surface area contributed by atoms with Crippen molar-refractivity contribution in [2.24, 2.45) is 0 Å². The fraction of sp³-hybridized carbons (Fsp3) is 0.278. The molecule has 1 aliphatic rings. The summed E-state index contributed by atoms with van der Waals surface area (Å²) in [5, 5.41) is 8.41. The van der Waals surface area contributed by atoms with Crippen LogP contribution in [0.2, 0.25) is 0 Å². The molecule has 0 radical (unpaired) electrons. The van der Waals surface area contributed by atoms with Gasteiger partial charge in [-0.25, -0.2) is 4.39 Å². The van der Waals surface area contributed by atoms with Crippen molar-refractivity contribution in [2.75, 3.05) is 12.3 Å². The molecule has 1 unspecified atom stereocenters. The van der Waals surface area contributed by atoms with E-state index in [9.17, 15) is 27.5 Å². The number of halogens is 4. The molecule has 0 aliphatic carbocycles. The number of phenolic OH excluding ortho intramolecular Hbond substituents is 1. The SMILES string of the molecule is O=C1CSC(c2cc(F)ccc2C(F)(F)F)N1CCc1ccc(O)cc1. The molecule has 3 rings (SSSR count). The van der Waals surface area contributed by atoms with Crippen molar-refractivity contribution in [1.82, 2.24) is 4.90 Å². The summed E-state index contributed by atoms with van der Waals surface area (Å²) in [5.41, 5.74) is -0.332. The van der Waals surface area contributed by atoms with Gasteiger partial charge < -0.3 is 10.0 Å². The van der Waals surface area contributed by atoms with E-state index in [2.05, 4.69) is 0 Å². The van der Waals surface area contributed by atoms with Gasteiger partial charge in [-0.2, -0.15) is 13.2 Å². The lowest BCUT2D eigenvalue weighted by Gasteiger charge is -2.26. The first-order valence-corrected chi connectivity index (χ1v) is 8.86. The Hall–Kier alpha value is -2.22. The molecule has 2 aromatic carbocycles. The summed E-state index contributed by atoms with van der Waals surface area (Å²) in [4.78, 5) is 13.5. The van der Waals surface area contributed by atoms with E-state index in [4.69, 9.17) is 0 Å². The maximum atomic E-state index is 13.6. The van der Waals surface area contributed by atoms with Crippen LogP contribution in [0.15, 0.2) is 42.5 Å². The first kappa shape index (κ1) is 18.6. The second kappa shape index (κ2) is 7.19. The van der Waals surface area contributed by atoms with Gasteiger partial charge in [-0.15, -0.1) is 11.8 Å². The quantitative estimate of drug-likeness (QED) is 0.795. The maximum absolute atomic E-state index is 13.6. The lowest BCUT2D eigenvalue weighted by atomic mass is 10.1. The number of alkyl halides is 3. The topological polar surface area (TPSA) is 40.5 Å². The smallest absolute Gasteiger partial charge is 0.416 e. The van der Waals surface area contributed by atoms with Gasteiger partial charge in [0.25, 0.3) is 0 Å². The zero-order valence-electron chi connectivity index (χ0n) is 13.5. The van der Waals surface area contributed by atoms with Crippen LogP contribution in [-0.4, -0.2) is 28.2 Å². The number of nitrogens with zero attached hydrogens (tertiary/aromatic N) is 1. The Morgan fingerprint density at radius 2 is 1.85 bits per heavy atom. The molecule has 0 spiro atoms. The Bertz CT molecular complexity index is 808. The molecular weight excluding hydrogens is 370 g/mol. The van der Waals surface area contributed by atoms with Gasteiger partial charge in [0.2, 0.25) is 5.91 Å². The Balaban J connectivity index is 1.86. The first-order valence-electron chi connectivity index (χ1n) is 7.81. The predicted molar refractivity (Wildman–Crippen MR) is 90.1 cm³/mol. The van der Waals surface area contributed by atoms with Gasteiger partial charge in [0.15, 0.2) is 0 Å². The van der Waals surface area contributed by atoms with Gasteiger partial charge in [-0.1, -0.05) is 12.1 Å². The lowest BCUT2D eigenvalue weighted by Crippen LogP contribution is -2.31. The number of hydrogen-bond acceptors (Lipinski definition) is 3. The van der Waals surface area contributed by atoms with Gasteiger partial charge in [0, 0.05) is 6.54 Å². The third kappa shape index (κ3) is 3.95. The second-order valence-electron chi connectivity index (χ2n) is 5.90. The van der Waals surface area contributed by atoms with E-state index in [1.54, 1.807) is 12.1 Å². The number of benzene rings is 2. The standard InChI is InChI=1S/C18H15F4NO2S/c19-12-3-6-15(18(20,21)22)14(9-12)17-23(16(25)10-26-17)8-7-11-1-4-13(24)5-2-11/h1-6,9,17,24H,7-8,10H2. The highest BCUT2D eigenvalue weighted by Gasteiger charge is 2.40. The number of amides is 1. The molecule has 1 amide bonds. The minimum atomic E-state index is -4.63. The van der Waals surface area contributed by atoms with Gasteiger partial charge in [-0.05, 0) is 47.9 Å². The van der Waals surface area contributed by atoms with Gasteiger partial charge >= 0.3 is 6.18 Å². The van der Waals surface area contributed by atoms with E-state index < -0.39 is 22.9 Å². The molecule has 2 aromatic rings. The number of rotatable bonds is 4. The van der Waals surface area contributed by atoms with Crippen LogP contribution >= 0.6 is 11.8 Å². The van der Waals surface area contributed by atoms with Gasteiger partial charge in [0.05, 0.1) is 11.3 Å². The van der Waals surface area contributed by atoms with Crippen molar-refractivity contribution < 1.29 is 27.5 Å². The molecule has 3 nitrogen and oxygen atoms in total. The third-order valence-electron chi connectivity index (χ3n) is 4.13.